The van der Waals surface area contributed by atoms with E-state index < -0.39 is 5.82 Å². The average Bonchev–Trinajstić information content (AvgIpc) is 2.00. The van der Waals surface area contributed by atoms with E-state index in [1.165, 1.54) is 18.2 Å². The standard InChI is InChI=1S/C11H14FNO/c12-8-5-2-6-9(14)10(8)11(13)7-3-1-4-7/h2,5-7,11,14H,1,3-4,13H2. The SMILES string of the molecule is NC(c1c(O)cccc1F)C1CCC1. The summed E-state index contributed by atoms with van der Waals surface area (Å²) in [6.45, 7) is 0. The van der Waals surface area contributed by atoms with Gasteiger partial charge in [0.2, 0.25) is 0 Å². The van der Waals surface area contributed by atoms with Gasteiger partial charge in [0.05, 0.1) is 0 Å². The van der Waals surface area contributed by atoms with E-state index in [1.54, 1.807) is 0 Å². The fraction of sp³-hybridized carbons (Fsp3) is 0.455. The molecule has 1 aliphatic rings. The summed E-state index contributed by atoms with van der Waals surface area (Å²) in [5.74, 6) is -0.0911. The van der Waals surface area contributed by atoms with Crippen molar-refractivity contribution in [3.05, 3.63) is 29.6 Å². The highest BCUT2D eigenvalue weighted by molar-refractivity contribution is 5.36. The lowest BCUT2D eigenvalue weighted by atomic mass is 9.77. The van der Waals surface area contributed by atoms with E-state index in [2.05, 4.69) is 0 Å². The fourth-order valence-electron chi connectivity index (χ4n) is 1.89. The highest BCUT2D eigenvalue weighted by Crippen LogP contribution is 2.39. The average molecular weight is 195 g/mol. The number of phenolic OH excluding ortho intramolecular Hbond substituents is 1. The van der Waals surface area contributed by atoms with Crippen LogP contribution in [-0.2, 0) is 0 Å². The Morgan fingerprint density at radius 3 is 2.64 bits per heavy atom. The molecule has 0 aromatic heterocycles. The Bertz CT molecular complexity index is 316. The Balaban J connectivity index is 2.29. The lowest BCUT2D eigenvalue weighted by Gasteiger charge is -2.31. The molecule has 0 saturated heterocycles. The van der Waals surface area contributed by atoms with Gasteiger partial charge in [-0.2, -0.15) is 0 Å². The second-order valence-corrected chi connectivity index (χ2v) is 3.89. The monoisotopic (exact) mass is 195 g/mol. The van der Waals surface area contributed by atoms with E-state index in [0.29, 0.717) is 5.92 Å². The molecule has 76 valence electrons. The summed E-state index contributed by atoms with van der Waals surface area (Å²) in [4.78, 5) is 0. The molecule has 3 heteroatoms. The topological polar surface area (TPSA) is 46.2 Å². The molecule has 0 spiro atoms. The van der Waals surface area contributed by atoms with E-state index in [-0.39, 0.29) is 17.4 Å². The molecule has 0 amide bonds. The van der Waals surface area contributed by atoms with Crippen molar-refractivity contribution in [2.75, 3.05) is 0 Å². The van der Waals surface area contributed by atoms with Crippen LogP contribution in [0.15, 0.2) is 18.2 Å². The van der Waals surface area contributed by atoms with Crippen LogP contribution in [0.5, 0.6) is 5.75 Å². The molecule has 1 saturated carbocycles. The molecule has 1 fully saturated rings. The largest absolute Gasteiger partial charge is 0.508 e. The van der Waals surface area contributed by atoms with E-state index >= 15 is 0 Å². The van der Waals surface area contributed by atoms with Gasteiger partial charge in [-0.1, -0.05) is 12.5 Å². The van der Waals surface area contributed by atoms with Gasteiger partial charge in [-0.05, 0) is 30.9 Å². The summed E-state index contributed by atoms with van der Waals surface area (Å²) in [5.41, 5.74) is 6.18. The first-order valence-corrected chi connectivity index (χ1v) is 4.93. The number of phenols is 1. The highest BCUT2D eigenvalue weighted by Gasteiger charge is 2.29. The highest BCUT2D eigenvalue weighted by atomic mass is 19.1. The van der Waals surface area contributed by atoms with Crippen LogP contribution in [0.2, 0.25) is 0 Å². The Morgan fingerprint density at radius 1 is 1.43 bits per heavy atom. The van der Waals surface area contributed by atoms with Crippen molar-refractivity contribution in [2.45, 2.75) is 25.3 Å². The number of hydrogen-bond acceptors (Lipinski definition) is 2. The molecule has 1 atom stereocenters. The van der Waals surface area contributed by atoms with Crippen molar-refractivity contribution in [1.82, 2.24) is 0 Å². The third-order valence-electron chi connectivity index (χ3n) is 3.02. The second kappa shape index (κ2) is 3.58. The van der Waals surface area contributed by atoms with Crippen molar-refractivity contribution in [3.63, 3.8) is 0 Å². The molecule has 0 aliphatic heterocycles. The summed E-state index contributed by atoms with van der Waals surface area (Å²) >= 11 is 0. The van der Waals surface area contributed by atoms with Crippen LogP contribution in [0.25, 0.3) is 0 Å². The van der Waals surface area contributed by atoms with Crippen molar-refractivity contribution in [2.24, 2.45) is 11.7 Å². The molecule has 1 unspecified atom stereocenters. The molecule has 1 aromatic rings. The first kappa shape index (κ1) is 9.46. The minimum Gasteiger partial charge on any atom is -0.508 e. The van der Waals surface area contributed by atoms with Gasteiger partial charge in [-0.25, -0.2) is 4.39 Å². The molecule has 0 bridgehead atoms. The predicted octanol–water partition coefficient (Wildman–Crippen LogP) is 2.33. The first-order valence-electron chi connectivity index (χ1n) is 4.93. The van der Waals surface area contributed by atoms with Crippen LogP contribution in [-0.4, -0.2) is 5.11 Å². The van der Waals surface area contributed by atoms with Crippen molar-refractivity contribution in [1.29, 1.82) is 0 Å². The maximum Gasteiger partial charge on any atom is 0.131 e. The van der Waals surface area contributed by atoms with Crippen LogP contribution in [0.3, 0.4) is 0 Å². The lowest BCUT2D eigenvalue weighted by Crippen LogP contribution is -2.27. The Morgan fingerprint density at radius 2 is 2.14 bits per heavy atom. The summed E-state index contributed by atoms with van der Waals surface area (Å²) in [7, 11) is 0. The number of benzene rings is 1. The second-order valence-electron chi connectivity index (χ2n) is 3.89. The lowest BCUT2D eigenvalue weighted by molar-refractivity contribution is 0.256. The Labute approximate surface area is 82.5 Å². The number of aromatic hydroxyl groups is 1. The molecule has 3 N–H and O–H groups in total. The smallest absolute Gasteiger partial charge is 0.131 e. The van der Waals surface area contributed by atoms with Gasteiger partial charge < -0.3 is 10.8 Å². The summed E-state index contributed by atoms with van der Waals surface area (Å²) in [6, 6.07) is 3.96. The van der Waals surface area contributed by atoms with Gasteiger partial charge in [0.15, 0.2) is 0 Å². The summed E-state index contributed by atoms with van der Waals surface area (Å²) < 4.78 is 13.4. The van der Waals surface area contributed by atoms with E-state index in [0.717, 1.165) is 19.3 Å². The van der Waals surface area contributed by atoms with Crippen molar-refractivity contribution >= 4 is 0 Å². The van der Waals surface area contributed by atoms with Crippen LogP contribution < -0.4 is 5.73 Å². The van der Waals surface area contributed by atoms with Crippen LogP contribution >= 0.6 is 0 Å². The molecular formula is C11H14FNO. The molecule has 2 rings (SSSR count). The van der Waals surface area contributed by atoms with Gasteiger partial charge in [0.25, 0.3) is 0 Å². The van der Waals surface area contributed by atoms with E-state index in [1.807, 2.05) is 0 Å². The molecule has 1 aliphatic carbocycles. The quantitative estimate of drug-likeness (QED) is 0.760. The molecule has 0 heterocycles. The van der Waals surface area contributed by atoms with Crippen LogP contribution in [0.4, 0.5) is 4.39 Å². The number of nitrogens with two attached hydrogens (primary N) is 1. The zero-order chi connectivity index (χ0) is 10.1. The molecule has 0 radical (unpaired) electrons. The number of hydrogen-bond donors (Lipinski definition) is 2. The molecule has 14 heavy (non-hydrogen) atoms. The minimum absolute atomic E-state index is 0.0237. The van der Waals surface area contributed by atoms with Crippen LogP contribution in [0.1, 0.15) is 30.9 Å². The summed E-state index contributed by atoms with van der Waals surface area (Å²) in [6.07, 6.45) is 3.23. The normalized spacial score (nSPS) is 19.0. The maximum absolute atomic E-state index is 13.4. The van der Waals surface area contributed by atoms with E-state index in [4.69, 9.17) is 5.73 Å². The van der Waals surface area contributed by atoms with Gasteiger partial charge in [0, 0.05) is 11.6 Å². The molecule has 2 nitrogen and oxygen atoms in total. The first-order chi connectivity index (χ1) is 6.70. The third-order valence-corrected chi connectivity index (χ3v) is 3.02. The summed E-state index contributed by atoms with van der Waals surface area (Å²) in [5, 5.41) is 9.51. The molecular weight excluding hydrogens is 181 g/mol. The van der Waals surface area contributed by atoms with Crippen molar-refractivity contribution < 1.29 is 9.50 Å². The van der Waals surface area contributed by atoms with Crippen molar-refractivity contribution in [3.8, 4) is 5.75 Å². The fourth-order valence-corrected chi connectivity index (χ4v) is 1.89. The van der Waals surface area contributed by atoms with Gasteiger partial charge in [0.1, 0.15) is 11.6 Å². The number of rotatable bonds is 2. The Hall–Kier alpha value is -1.09. The van der Waals surface area contributed by atoms with Gasteiger partial charge in [-0.3, -0.25) is 0 Å². The maximum atomic E-state index is 13.4. The van der Waals surface area contributed by atoms with E-state index in [9.17, 15) is 9.50 Å². The van der Waals surface area contributed by atoms with Crippen LogP contribution in [0, 0.1) is 11.7 Å². The zero-order valence-electron chi connectivity index (χ0n) is 7.91. The van der Waals surface area contributed by atoms with Gasteiger partial charge in [-0.15, -0.1) is 0 Å². The minimum atomic E-state index is -0.399. The molecule has 1 aromatic carbocycles. The predicted molar refractivity (Wildman–Crippen MR) is 52.3 cm³/mol. The third kappa shape index (κ3) is 1.48. The van der Waals surface area contributed by atoms with Gasteiger partial charge >= 0.3 is 0 Å². The zero-order valence-corrected chi connectivity index (χ0v) is 7.91. The Kier molecular flexibility index (Phi) is 2.42. The number of halogens is 1.